The van der Waals surface area contributed by atoms with Gasteiger partial charge < -0.3 is 15.9 Å². The number of benzene rings is 1. The summed E-state index contributed by atoms with van der Waals surface area (Å²) in [6.45, 7) is 0. The van der Waals surface area contributed by atoms with Crippen molar-refractivity contribution in [1.82, 2.24) is 0 Å². The molecule has 2 rings (SSSR count). The number of halogens is 1. The van der Waals surface area contributed by atoms with E-state index < -0.39 is 0 Å². The molecule has 0 amide bonds. The Balaban J connectivity index is 2.24. The van der Waals surface area contributed by atoms with Crippen molar-refractivity contribution in [1.29, 1.82) is 0 Å². The molecule has 0 aliphatic heterocycles. The van der Waals surface area contributed by atoms with Crippen molar-refractivity contribution in [2.24, 2.45) is 21.7 Å². The van der Waals surface area contributed by atoms with E-state index in [0.29, 0.717) is 17.1 Å². The van der Waals surface area contributed by atoms with Gasteiger partial charge in [-0.25, -0.2) is 4.39 Å². The highest BCUT2D eigenvalue weighted by Crippen LogP contribution is 2.24. The van der Waals surface area contributed by atoms with E-state index in [1.165, 1.54) is 12.3 Å². The highest BCUT2D eigenvalue weighted by atomic mass is 19.1. The van der Waals surface area contributed by atoms with Gasteiger partial charge >= 0.3 is 0 Å². The lowest BCUT2D eigenvalue weighted by Crippen LogP contribution is -2.21. The Morgan fingerprint density at radius 3 is 2.67 bits per heavy atom. The van der Waals surface area contributed by atoms with Crippen LogP contribution >= 0.6 is 0 Å². The van der Waals surface area contributed by atoms with Gasteiger partial charge in [0.2, 0.25) is 5.96 Å². The predicted molar refractivity (Wildman–Crippen MR) is 67.5 cm³/mol. The lowest BCUT2D eigenvalue weighted by Gasteiger charge is -1.97. The summed E-state index contributed by atoms with van der Waals surface area (Å²) in [6.07, 6.45) is 1.34. The molecule has 2 aromatic rings. The minimum absolute atomic E-state index is 0.146. The molecular formula is C12H11FN4O. The zero-order valence-electron chi connectivity index (χ0n) is 9.38. The van der Waals surface area contributed by atoms with E-state index >= 15 is 0 Å². The Morgan fingerprint density at radius 1 is 1.17 bits per heavy atom. The maximum atomic E-state index is 13.5. The smallest absolute Gasteiger partial charge is 0.211 e. The monoisotopic (exact) mass is 246 g/mol. The predicted octanol–water partition coefficient (Wildman–Crippen LogP) is 1.69. The van der Waals surface area contributed by atoms with Gasteiger partial charge in [0.15, 0.2) is 0 Å². The van der Waals surface area contributed by atoms with Gasteiger partial charge in [-0.15, -0.1) is 5.10 Å². The molecule has 0 unspecified atom stereocenters. The first-order chi connectivity index (χ1) is 8.66. The summed E-state index contributed by atoms with van der Waals surface area (Å²) in [5.74, 6) is 0.351. The van der Waals surface area contributed by atoms with Crippen molar-refractivity contribution in [3.63, 3.8) is 0 Å². The van der Waals surface area contributed by atoms with Gasteiger partial charge in [-0.3, -0.25) is 0 Å². The maximum Gasteiger partial charge on any atom is 0.211 e. The third-order valence-electron chi connectivity index (χ3n) is 2.12. The second kappa shape index (κ2) is 5.13. The van der Waals surface area contributed by atoms with Crippen molar-refractivity contribution in [2.75, 3.05) is 0 Å². The molecule has 0 fully saturated rings. The number of rotatable bonds is 3. The third-order valence-corrected chi connectivity index (χ3v) is 2.12. The lowest BCUT2D eigenvalue weighted by atomic mass is 10.1. The van der Waals surface area contributed by atoms with Gasteiger partial charge in [0.25, 0.3) is 0 Å². The Hall–Kier alpha value is -2.63. The molecule has 0 aliphatic rings. The van der Waals surface area contributed by atoms with E-state index in [0.717, 1.165) is 0 Å². The Morgan fingerprint density at radius 2 is 1.94 bits per heavy atom. The molecule has 92 valence electrons. The topological polar surface area (TPSA) is 89.9 Å². The van der Waals surface area contributed by atoms with Crippen molar-refractivity contribution >= 4 is 12.2 Å². The first-order valence-corrected chi connectivity index (χ1v) is 5.13. The standard InChI is InChI=1S/C12H11FN4O/c13-10-4-2-1-3-9(10)11-6-5-8(18-11)7-16-17-12(14)15/h1-7H,(H4,14,15,17). The van der Waals surface area contributed by atoms with E-state index in [9.17, 15) is 4.39 Å². The normalized spacial score (nSPS) is 10.7. The minimum atomic E-state index is -0.348. The third kappa shape index (κ3) is 2.73. The highest BCUT2D eigenvalue weighted by Gasteiger charge is 2.07. The number of hydrogen-bond acceptors (Lipinski definition) is 3. The fraction of sp³-hybridized carbons (Fsp3) is 0. The molecule has 0 radical (unpaired) electrons. The van der Waals surface area contributed by atoms with Crippen LogP contribution < -0.4 is 11.5 Å². The average molecular weight is 246 g/mol. The second-order valence-corrected chi connectivity index (χ2v) is 3.45. The molecule has 5 nitrogen and oxygen atoms in total. The summed E-state index contributed by atoms with van der Waals surface area (Å²) >= 11 is 0. The van der Waals surface area contributed by atoms with Crippen LogP contribution in [0, 0.1) is 5.82 Å². The van der Waals surface area contributed by atoms with Crippen molar-refractivity contribution in [2.45, 2.75) is 0 Å². The summed E-state index contributed by atoms with van der Waals surface area (Å²) in [5, 5.41) is 7.02. The largest absolute Gasteiger partial charge is 0.455 e. The minimum Gasteiger partial charge on any atom is -0.455 e. The quantitative estimate of drug-likeness (QED) is 0.490. The van der Waals surface area contributed by atoms with Crippen LogP contribution in [0.5, 0.6) is 0 Å². The molecule has 1 aromatic heterocycles. The SMILES string of the molecule is NC(N)=NN=Cc1ccc(-c2ccccc2F)o1. The number of nitrogens with two attached hydrogens (primary N) is 2. The van der Waals surface area contributed by atoms with Crippen LogP contribution in [0.2, 0.25) is 0 Å². The summed E-state index contributed by atoms with van der Waals surface area (Å²) < 4.78 is 18.9. The zero-order chi connectivity index (χ0) is 13.0. The number of guanidine groups is 1. The van der Waals surface area contributed by atoms with Crippen LogP contribution in [0.1, 0.15) is 5.76 Å². The van der Waals surface area contributed by atoms with Gasteiger partial charge in [-0.1, -0.05) is 12.1 Å². The van der Waals surface area contributed by atoms with Crippen molar-refractivity contribution in [3.05, 3.63) is 48.0 Å². The van der Waals surface area contributed by atoms with Gasteiger partial charge in [0.05, 0.1) is 11.8 Å². The van der Waals surface area contributed by atoms with Crippen LogP contribution in [0.4, 0.5) is 4.39 Å². The van der Waals surface area contributed by atoms with E-state index in [-0.39, 0.29) is 11.8 Å². The highest BCUT2D eigenvalue weighted by molar-refractivity contribution is 5.80. The summed E-state index contributed by atoms with van der Waals surface area (Å²) in [6, 6.07) is 9.63. The summed E-state index contributed by atoms with van der Waals surface area (Å²) in [7, 11) is 0. The van der Waals surface area contributed by atoms with E-state index in [4.69, 9.17) is 15.9 Å². The van der Waals surface area contributed by atoms with E-state index in [1.54, 1.807) is 30.3 Å². The molecule has 0 atom stereocenters. The fourth-order valence-electron chi connectivity index (χ4n) is 1.38. The van der Waals surface area contributed by atoms with Crippen molar-refractivity contribution in [3.8, 4) is 11.3 Å². The van der Waals surface area contributed by atoms with Crippen LogP contribution in [0.25, 0.3) is 11.3 Å². The molecule has 0 aliphatic carbocycles. The summed E-state index contributed by atoms with van der Waals surface area (Å²) in [5.41, 5.74) is 10.6. The molecule has 1 aromatic carbocycles. The van der Waals surface area contributed by atoms with Gasteiger partial charge in [-0.2, -0.15) is 5.10 Å². The lowest BCUT2D eigenvalue weighted by molar-refractivity contribution is 0.563. The van der Waals surface area contributed by atoms with Gasteiger partial charge in [-0.05, 0) is 24.3 Å². The number of hydrogen-bond donors (Lipinski definition) is 2. The first kappa shape index (κ1) is 11.8. The molecule has 1 heterocycles. The van der Waals surface area contributed by atoms with Gasteiger partial charge in [0.1, 0.15) is 17.3 Å². The molecule has 0 bridgehead atoms. The number of furan rings is 1. The van der Waals surface area contributed by atoms with Crippen molar-refractivity contribution < 1.29 is 8.81 Å². The van der Waals surface area contributed by atoms with E-state index in [1.807, 2.05) is 0 Å². The Bertz CT molecular complexity index is 600. The van der Waals surface area contributed by atoms with Crippen LogP contribution in [0.15, 0.2) is 51.0 Å². The Labute approximate surface area is 103 Å². The van der Waals surface area contributed by atoms with Crippen LogP contribution in [0.3, 0.4) is 0 Å². The van der Waals surface area contributed by atoms with Crippen LogP contribution in [-0.4, -0.2) is 12.2 Å². The second-order valence-electron chi connectivity index (χ2n) is 3.45. The van der Waals surface area contributed by atoms with Crippen LogP contribution in [-0.2, 0) is 0 Å². The van der Waals surface area contributed by atoms with Gasteiger partial charge in [0, 0.05) is 0 Å². The fourth-order valence-corrected chi connectivity index (χ4v) is 1.38. The number of nitrogens with zero attached hydrogens (tertiary/aromatic N) is 2. The molecule has 6 heteroatoms. The van der Waals surface area contributed by atoms with E-state index in [2.05, 4.69) is 10.2 Å². The molecular weight excluding hydrogens is 235 g/mol. The molecule has 18 heavy (non-hydrogen) atoms. The summed E-state index contributed by atoms with van der Waals surface area (Å²) in [4.78, 5) is 0. The molecule has 0 spiro atoms. The molecule has 0 saturated carbocycles. The molecule has 4 N–H and O–H groups in total. The first-order valence-electron chi connectivity index (χ1n) is 5.13. The average Bonchev–Trinajstić information content (AvgIpc) is 2.78. The molecule has 0 saturated heterocycles. The zero-order valence-corrected chi connectivity index (χ0v) is 9.38. The maximum absolute atomic E-state index is 13.5. The Kier molecular flexibility index (Phi) is 3.38.